The summed E-state index contributed by atoms with van der Waals surface area (Å²) in [6.45, 7) is 5.96. The van der Waals surface area contributed by atoms with Crippen molar-refractivity contribution in [2.75, 3.05) is 5.32 Å². The topological polar surface area (TPSA) is 102 Å². The Morgan fingerprint density at radius 3 is 2.29 bits per heavy atom. The molecular weight excluding hydrogens is 357 g/mol. The van der Waals surface area contributed by atoms with Crippen molar-refractivity contribution < 1.29 is 9.18 Å². The van der Waals surface area contributed by atoms with Gasteiger partial charge in [-0.25, -0.2) is 14.4 Å². The number of nitrogens with zero attached hydrogens (tertiary/aromatic N) is 4. The van der Waals surface area contributed by atoms with E-state index in [1.165, 1.54) is 12.1 Å². The van der Waals surface area contributed by atoms with E-state index in [0.29, 0.717) is 24.2 Å². The molecule has 2 aromatic rings. The van der Waals surface area contributed by atoms with Crippen LogP contribution in [0.2, 0.25) is 0 Å². The van der Waals surface area contributed by atoms with Crippen LogP contribution >= 0.6 is 0 Å². The van der Waals surface area contributed by atoms with Crippen molar-refractivity contribution in [3.63, 3.8) is 0 Å². The molecule has 2 atom stereocenters. The average molecular weight is 375 g/mol. The monoisotopic (exact) mass is 375 g/mol. The van der Waals surface area contributed by atoms with Gasteiger partial charge >= 0.3 is 0 Å². The van der Waals surface area contributed by atoms with Gasteiger partial charge in [-0.1, -0.05) is 32.9 Å². The van der Waals surface area contributed by atoms with Gasteiger partial charge in [0.25, 0.3) is 0 Å². The van der Waals surface area contributed by atoms with E-state index in [4.69, 9.17) is 0 Å². The van der Waals surface area contributed by atoms with Gasteiger partial charge < -0.3 is 5.32 Å². The fourth-order valence-corrected chi connectivity index (χ4v) is 4.93. The molecule has 1 heterocycles. The number of halogens is 1. The van der Waals surface area contributed by atoms with E-state index >= 15 is 0 Å². The number of nitrogens with one attached hydrogen (secondary N) is 1. The van der Waals surface area contributed by atoms with Gasteiger partial charge in [0.15, 0.2) is 11.4 Å². The molecule has 6 nitrogen and oxygen atoms in total. The van der Waals surface area contributed by atoms with E-state index in [0.717, 1.165) is 0 Å². The Kier molecular flexibility index (Phi) is 3.61. The van der Waals surface area contributed by atoms with Crippen LogP contribution < -0.4 is 5.32 Å². The van der Waals surface area contributed by atoms with Gasteiger partial charge in [0.2, 0.25) is 5.91 Å². The van der Waals surface area contributed by atoms with E-state index < -0.39 is 22.1 Å². The van der Waals surface area contributed by atoms with Crippen LogP contribution in [0.4, 0.5) is 10.1 Å². The van der Waals surface area contributed by atoms with E-state index in [2.05, 4.69) is 15.3 Å². The number of anilines is 1. The SMILES string of the molecule is CC1(C)[C@]2(C(=O)Nc3ccccc3F)CC[C@]1(C)c1nc(C#N)c(C#N)nc12. The number of carbonyl (C=O) groups excluding carboxylic acids is 1. The van der Waals surface area contributed by atoms with Crippen LogP contribution in [0.15, 0.2) is 24.3 Å². The number of hydrogen-bond donors (Lipinski definition) is 1. The van der Waals surface area contributed by atoms with E-state index in [9.17, 15) is 19.7 Å². The molecule has 4 rings (SSSR count). The highest BCUT2D eigenvalue weighted by Gasteiger charge is 2.73. The number of amides is 1. The quantitative estimate of drug-likeness (QED) is 0.867. The number of fused-ring (bicyclic) bond motifs is 5. The molecule has 28 heavy (non-hydrogen) atoms. The zero-order chi connectivity index (χ0) is 20.3. The molecule has 0 saturated heterocycles. The lowest BCUT2D eigenvalue weighted by Crippen LogP contribution is -2.48. The predicted molar refractivity (Wildman–Crippen MR) is 98.5 cm³/mol. The Hall–Kier alpha value is -3.32. The first kappa shape index (κ1) is 18.1. The third-order valence-corrected chi connectivity index (χ3v) is 6.99. The molecule has 1 fully saturated rings. The number of nitriles is 2. The maximum absolute atomic E-state index is 14.1. The second-order valence-corrected chi connectivity index (χ2v) is 8.14. The molecular formula is C21H18FN5O. The molecule has 2 aliphatic carbocycles. The molecule has 1 saturated carbocycles. The van der Waals surface area contributed by atoms with Crippen LogP contribution in [0.3, 0.4) is 0 Å². The Morgan fingerprint density at radius 2 is 1.68 bits per heavy atom. The zero-order valence-electron chi connectivity index (χ0n) is 15.8. The standard InChI is InChI=1S/C21H18FN5O/c1-19(2)20(3)8-9-21(19,18(28)27-13-7-5-4-6-12(13)22)17-16(20)25-14(10-23)15(11-24)26-17/h4-7H,8-9H2,1-3H3,(H,27,28)/t20-,21-/m1/s1. The molecule has 0 spiro atoms. The third-order valence-electron chi connectivity index (χ3n) is 6.99. The summed E-state index contributed by atoms with van der Waals surface area (Å²) < 4.78 is 14.1. The van der Waals surface area contributed by atoms with Crippen LogP contribution in [0.25, 0.3) is 0 Å². The summed E-state index contributed by atoms with van der Waals surface area (Å²) in [5.74, 6) is -0.888. The number of carbonyl (C=O) groups is 1. The molecule has 7 heteroatoms. The first-order valence-electron chi connectivity index (χ1n) is 9.02. The molecule has 1 N–H and O–H groups in total. The van der Waals surface area contributed by atoms with Crippen molar-refractivity contribution in [2.45, 2.75) is 44.4 Å². The predicted octanol–water partition coefficient (Wildman–Crippen LogP) is 3.33. The minimum absolute atomic E-state index is 0.0320. The lowest BCUT2D eigenvalue weighted by Gasteiger charge is -2.39. The highest BCUT2D eigenvalue weighted by molar-refractivity contribution is 6.01. The van der Waals surface area contributed by atoms with Crippen molar-refractivity contribution >= 4 is 11.6 Å². The van der Waals surface area contributed by atoms with Crippen LogP contribution in [0.5, 0.6) is 0 Å². The van der Waals surface area contributed by atoms with Crippen molar-refractivity contribution in [1.82, 2.24) is 9.97 Å². The molecule has 0 radical (unpaired) electrons. The van der Waals surface area contributed by atoms with Gasteiger partial charge in [0.05, 0.1) is 22.5 Å². The molecule has 0 unspecified atom stereocenters. The first-order chi connectivity index (χ1) is 13.2. The second kappa shape index (κ2) is 5.59. The fourth-order valence-electron chi connectivity index (χ4n) is 4.93. The van der Waals surface area contributed by atoms with Gasteiger partial charge in [-0.05, 0) is 30.4 Å². The first-order valence-corrected chi connectivity index (χ1v) is 9.02. The Bertz CT molecular complexity index is 1110. The maximum atomic E-state index is 14.1. The molecule has 0 aliphatic heterocycles. The van der Waals surface area contributed by atoms with Gasteiger partial charge in [-0.3, -0.25) is 4.79 Å². The summed E-state index contributed by atoms with van der Waals surface area (Å²) in [6, 6.07) is 9.82. The summed E-state index contributed by atoms with van der Waals surface area (Å²) in [6.07, 6.45) is 1.19. The number of aromatic nitrogens is 2. The van der Waals surface area contributed by atoms with E-state index in [1.54, 1.807) is 12.1 Å². The molecule has 2 aliphatic rings. The summed E-state index contributed by atoms with van der Waals surface area (Å²) in [4.78, 5) is 22.4. The fraction of sp³-hybridized carbons (Fsp3) is 0.381. The zero-order valence-corrected chi connectivity index (χ0v) is 15.8. The van der Waals surface area contributed by atoms with Gasteiger partial charge in [-0.2, -0.15) is 10.5 Å². The minimum Gasteiger partial charge on any atom is -0.323 e. The minimum atomic E-state index is -1.06. The lowest BCUT2D eigenvalue weighted by molar-refractivity contribution is -0.125. The molecule has 1 amide bonds. The Morgan fingerprint density at radius 1 is 1.07 bits per heavy atom. The summed E-state index contributed by atoms with van der Waals surface area (Å²) in [7, 11) is 0. The highest BCUT2D eigenvalue weighted by Crippen LogP contribution is 2.70. The number of benzene rings is 1. The van der Waals surface area contributed by atoms with Gasteiger partial charge in [-0.15, -0.1) is 0 Å². The average Bonchev–Trinajstić information content (AvgIpc) is 2.98. The Balaban J connectivity index is 1.93. The second-order valence-electron chi connectivity index (χ2n) is 8.14. The highest BCUT2D eigenvalue weighted by atomic mass is 19.1. The Labute approximate surface area is 162 Å². The molecule has 140 valence electrons. The van der Waals surface area contributed by atoms with E-state index in [-0.39, 0.29) is 23.0 Å². The largest absolute Gasteiger partial charge is 0.323 e. The van der Waals surface area contributed by atoms with Crippen LogP contribution in [-0.4, -0.2) is 15.9 Å². The normalized spacial score (nSPS) is 26.2. The molecule has 1 aromatic carbocycles. The molecule has 2 bridgehead atoms. The van der Waals surface area contributed by atoms with Crippen molar-refractivity contribution in [1.29, 1.82) is 10.5 Å². The number of para-hydroxylation sites is 1. The number of rotatable bonds is 2. The van der Waals surface area contributed by atoms with Gasteiger partial charge in [0.1, 0.15) is 18.0 Å². The van der Waals surface area contributed by atoms with Crippen LogP contribution in [0, 0.1) is 33.9 Å². The van der Waals surface area contributed by atoms with E-state index in [1.807, 2.05) is 32.9 Å². The van der Waals surface area contributed by atoms with Crippen LogP contribution in [-0.2, 0) is 15.6 Å². The van der Waals surface area contributed by atoms with Crippen molar-refractivity contribution in [2.24, 2.45) is 5.41 Å². The van der Waals surface area contributed by atoms with Crippen molar-refractivity contribution in [3.8, 4) is 12.1 Å². The number of hydrogen-bond acceptors (Lipinski definition) is 5. The van der Waals surface area contributed by atoms with Gasteiger partial charge in [0, 0.05) is 5.41 Å². The lowest BCUT2D eigenvalue weighted by atomic mass is 9.63. The smallest absolute Gasteiger partial charge is 0.237 e. The summed E-state index contributed by atoms with van der Waals surface area (Å²) >= 11 is 0. The third kappa shape index (κ3) is 1.91. The van der Waals surface area contributed by atoms with Crippen LogP contribution in [0.1, 0.15) is 56.4 Å². The maximum Gasteiger partial charge on any atom is 0.237 e. The molecule has 1 aromatic heterocycles. The summed E-state index contributed by atoms with van der Waals surface area (Å²) in [5, 5.41) is 21.4. The van der Waals surface area contributed by atoms with Crippen molar-refractivity contribution in [3.05, 3.63) is 52.9 Å². The summed E-state index contributed by atoms with van der Waals surface area (Å²) in [5.41, 5.74) is -1.14.